The van der Waals surface area contributed by atoms with E-state index in [9.17, 15) is 0 Å². The minimum Gasteiger partial charge on any atom is -0.392 e. The van der Waals surface area contributed by atoms with E-state index in [1.165, 1.54) is 0 Å². The van der Waals surface area contributed by atoms with Crippen LogP contribution in [0.4, 0.5) is 0 Å². The molecule has 2 N–H and O–H groups in total. The minimum atomic E-state index is -0.264. The van der Waals surface area contributed by atoms with Gasteiger partial charge in [-0.3, -0.25) is 0 Å². The molecule has 11 heavy (non-hydrogen) atoms. The van der Waals surface area contributed by atoms with Gasteiger partial charge >= 0.3 is 0 Å². The molecular weight excluding hydrogens is 142 g/mol. The Morgan fingerprint density at radius 2 is 2.09 bits per heavy atom. The number of hydrogen-bond acceptors (Lipinski definition) is 3. The van der Waals surface area contributed by atoms with Crippen LogP contribution in [-0.4, -0.2) is 37.5 Å². The van der Waals surface area contributed by atoms with Gasteiger partial charge in [0.1, 0.15) is 0 Å². The van der Waals surface area contributed by atoms with E-state index in [0.717, 1.165) is 13.0 Å². The fourth-order valence-electron chi connectivity index (χ4n) is 0.768. The Bertz CT molecular complexity index is 86.2. The minimum absolute atomic E-state index is 0.264. The molecule has 3 heteroatoms. The third-order valence-corrected chi connectivity index (χ3v) is 1.52. The van der Waals surface area contributed by atoms with Crippen LogP contribution in [0.25, 0.3) is 0 Å². The molecule has 0 aliphatic rings. The average Bonchev–Trinajstić information content (AvgIpc) is 1.97. The number of ether oxygens (including phenoxy) is 1. The van der Waals surface area contributed by atoms with Crippen LogP contribution in [0.5, 0.6) is 0 Å². The highest BCUT2D eigenvalue weighted by Crippen LogP contribution is 1.90. The van der Waals surface area contributed by atoms with E-state index in [0.29, 0.717) is 12.6 Å². The summed E-state index contributed by atoms with van der Waals surface area (Å²) in [6, 6.07) is 0.421. The molecule has 0 radical (unpaired) electrons. The summed E-state index contributed by atoms with van der Waals surface area (Å²) in [5.74, 6) is 0. The highest BCUT2D eigenvalue weighted by molar-refractivity contribution is 4.61. The lowest BCUT2D eigenvalue weighted by molar-refractivity contribution is 0.168. The van der Waals surface area contributed by atoms with E-state index < -0.39 is 0 Å². The van der Waals surface area contributed by atoms with Crippen LogP contribution >= 0.6 is 0 Å². The fourth-order valence-corrected chi connectivity index (χ4v) is 0.768. The maximum absolute atomic E-state index is 8.93. The highest BCUT2D eigenvalue weighted by Gasteiger charge is 2.01. The first-order chi connectivity index (χ1) is 5.16. The van der Waals surface area contributed by atoms with Crippen molar-refractivity contribution in [1.29, 1.82) is 0 Å². The van der Waals surface area contributed by atoms with Crippen LogP contribution in [-0.2, 0) is 4.74 Å². The van der Waals surface area contributed by atoms with Crippen molar-refractivity contribution >= 4 is 0 Å². The summed E-state index contributed by atoms with van der Waals surface area (Å²) < 4.78 is 4.92. The van der Waals surface area contributed by atoms with Gasteiger partial charge in [0.25, 0.3) is 0 Å². The molecule has 0 bridgehead atoms. The maximum Gasteiger partial charge on any atom is 0.0636 e. The fraction of sp³-hybridized carbons (Fsp3) is 1.00. The van der Waals surface area contributed by atoms with Gasteiger partial charge in [-0.25, -0.2) is 0 Å². The summed E-state index contributed by atoms with van der Waals surface area (Å²) in [5, 5.41) is 12.1. The van der Waals surface area contributed by atoms with E-state index in [-0.39, 0.29) is 6.10 Å². The molecule has 3 nitrogen and oxygen atoms in total. The predicted molar refractivity (Wildman–Crippen MR) is 45.6 cm³/mol. The second-order valence-electron chi connectivity index (χ2n) is 2.94. The molecule has 0 aromatic heterocycles. The van der Waals surface area contributed by atoms with Crippen LogP contribution < -0.4 is 5.32 Å². The monoisotopic (exact) mass is 161 g/mol. The van der Waals surface area contributed by atoms with Crippen LogP contribution in [0.2, 0.25) is 0 Å². The average molecular weight is 161 g/mol. The molecule has 2 atom stereocenters. The van der Waals surface area contributed by atoms with Gasteiger partial charge < -0.3 is 15.2 Å². The van der Waals surface area contributed by atoms with Crippen LogP contribution in [0.3, 0.4) is 0 Å². The molecule has 0 rings (SSSR count). The summed E-state index contributed by atoms with van der Waals surface area (Å²) in [5.41, 5.74) is 0. The van der Waals surface area contributed by atoms with Crippen molar-refractivity contribution in [3.63, 3.8) is 0 Å². The molecule has 0 saturated heterocycles. The molecule has 0 spiro atoms. The van der Waals surface area contributed by atoms with Crippen LogP contribution in [0.1, 0.15) is 20.3 Å². The summed E-state index contributed by atoms with van der Waals surface area (Å²) in [6.07, 6.45) is 0.725. The zero-order chi connectivity index (χ0) is 8.69. The molecule has 68 valence electrons. The summed E-state index contributed by atoms with van der Waals surface area (Å²) in [4.78, 5) is 0. The lowest BCUT2D eigenvalue weighted by atomic mass is 10.2. The van der Waals surface area contributed by atoms with Gasteiger partial charge in [-0.2, -0.15) is 0 Å². The summed E-state index contributed by atoms with van der Waals surface area (Å²) >= 11 is 0. The van der Waals surface area contributed by atoms with E-state index >= 15 is 0 Å². The Morgan fingerprint density at radius 1 is 1.45 bits per heavy atom. The van der Waals surface area contributed by atoms with Crippen molar-refractivity contribution in [2.75, 3.05) is 20.3 Å². The van der Waals surface area contributed by atoms with Gasteiger partial charge in [-0.15, -0.1) is 0 Å². The molecule has 0 saturated carbocycles. The zero-order valence-corrected chi connectivity index (χ0v) is 7.63. The van der Waals surface area contributed by atoms with Crippen molar-refractivity contribution < 1.29 is 9.84 Å². The number of aliphatic hydroxyl groups is 1. The zero-order valence-electron chi connectivity index (χ0n) is 7.63. The Morgan fingerprint density at radius 3 is 2.55 bits per heavy atom. The first kappa shape index (κ1) is 10.9. The maximum atomic E-state index is 8.93. The molecule has 0 fully saturated rings. The van der Waals surface area contributed by atoms with Gasteiger partial charge in [0.05, 0.1) is 6.10 Å². The Balaban J connectivity index is 3.15. The van der Waals surface area contributed by atoms with Gasteiger partial charge in [0.2, 0.25) is 0 Å². The third-order valence-electron chi connectivity index (χ3n) is 1.52. The van der Waals surface area contributed by atoms with Crippen LogP contribution in [0.15, 0.2) is 0 Å². The number of nitrogens with one attached hydrogen (secondary N) is 1. The Kier molecular flexibility index (Phi) is 6.51. The lowest BCUT2D eigenvalue weighted by Gasteiger charge is -2.13. The van der Waals surface area contributed by atoms with Crippen LogP contribution in [0, 0.1) is 0 Å². The van der Waals surface area contributed by atoms with E-state index in [1.807, 2.05) is 0 Å². The first-order valence-corrected chi connectivity index (χ1v) is 4.07. The standard InChI is InChI=1S/C8H19NO2/c1-7(4-5-11-3)9-6-8(2)10/h7-10H,4-6H2,1-3H3/t7?,8-/m1/s1. The first-order valence-electron chi connectivity index (χ1n) is 4.07. The second-order valence-corrected chi connectivity index (χ2v) is 2.94. The summed E-state index contributed by atoms with van der Waals surface area (Å²) in [6.45, 7) is 5.29. The SMILES string of the molecule is COCCC(C)NC[C@@H](C)O. The van der Waals surface area contributed by atoms with Crippen molar-refractivity contribution in [3.05, 3.63) is 0 Å². The lowest BCUT2D eigenvalue weighted by Crippen LogP contribution is -2.33. The van der Waals surface area contributed by atoms with E-state index in [2.05, 4.69) is 12.2 Å². The molecule has 0 aliphatic heterocycles. The molecule has 0 aromatic carbocycles. The van der Waals surface area contributed by atoms with Crippen molar-refractivity contribution in [2.45, 2.75) is 32.4 Å². The topological polar surface area (TPSA) is 41.5 Å². The van der Waals surface area contributed by atoms with Crippen molar-refractivity contribution in [3.8, 4) is 0 Å². The number of hydrogen-bond donors (Lipinski definition) is 2. The quantitative estimate of drug-likeness (QED) is 0.592. The third kappa shape index (κ3) is 7.78. The largest absolute Gasteiger partial charge is 0.392 e. The predicted octanol–water partition coefficient (Wildman–Crippen LogP) is 0.382. The second kappa shape index (κ2) is 6.58. The normalized spacial score (nSPS) is 16.4. The molecule has 0 aliphatic carbocycles. The smallest absolute Gasteiger partial charge is 0.0636 e. The number of methoxy groups -OCH3 is 1. The van der Waals surface area contributed by atoms with Gasteiger partial charge in [0.15, 0.2) is 0 Å². The molecular formula is C8H19NO2. The molecule has 0 aromatic rings. The van der Waals surface area contributed by atoms with Crippen molar-refractivity contribution in [2.24, 2.45) is 0 Å². The molecule has 0 amide bonds. The number of rotatable bonds is 6. The van der Waals surface area contributed by atoms with Gasteiger partial charge in [0, 0.05) is 26.3 Å². The van der Waals surface area contributed by atoms with E-state index in [1.54, 1.807) is 14.0 Å². The molecule has 1 unspecified atom stereocenters. The molecule has 0 heterocycles. The van der Waals surface area contributed by atoms with Crippen molar-refractivity contribution in [1.82, 2.24) is 5.32 Å². The van der Waals surface area contributed by atoms with E-state index in [4.69, 9.17) is 9.84 Å². The van der Waals surface area contributed by atoms with Gasteiger partial charge in [-0.05, 0) is 20.3 Å². The van der Waals surface area contributed by atoms with Gasteiger partial charge in [-0.1, -0.05) is 0 Å². The summed E-state index contributed by atoms with van der Waals surface area (Å²) in [7, 11) is 1.70. The Hall–Kier alpha value is -0.120. The number of aliphatic hydroxyl groups excluding tert-OH is 1. The Labute approximate surface area is 68.8 Å². The highest BCUT2D eigenvalue weighted by atomic mass is 16.5.